The first-order chi connectivity index (χ1) is 39.7. The first-order valence-corrected chi connectivity index (χ1v) is 30.6. The van der Waals surface area contributed by atoms with Crippen LogP contribution in [0.25, 0.3) is 141 Å². The minimum Gasteiger partial charge on any atom is -0.308 e. The van der Waals surface area contributed by atoms with E-state index in [2.05, 4.69) is 298 Å². The Morgan fingerprint density at radius 2 is 0.590 bits per heavy atom. The number of benzene rings is 12. The van der Waals surface area contributed by atoms with E-state index >= 15 is 0 Å². The van der Waals surface area contributed by atoms with Gasteiger partial charge in [0.2, 0.25) is 0 Å². The number of thiophene rings is 1. The average molecular weight is 1090 g/mol. The third-order valence-corrected chi connectivity index (χ3v) is 19.5. The molecule has 0 aliphatic rings. The molecular formula is C80H70N2S. The van der Waals surface area contributed by atoms with Gasteiger partial charge in [0, 0.05) is 68.8 Å². The molecule has 3 heteroatoms. The minimum absolute atomic E-state index is 0.0128. The number of aromatic nitrogens is 2. The van der Waals surface area contributed by atoms with E-state index in [1.54, 1.807) is 0 Å². The van der Waals surface area contributed by atoms with Gasteiger partial charge in [-0.05, 0) is 137 Å². The van der Waals surface area contributed by atoms with E-state index in [4.69, 9.17) is 0 Å². The van der Waals surface area contributed by atoms with Crippen molar-refractivity contribution in [2.24, 2.45) is 0 Å². The zero-order valence-electron chi connectivity index (χ0n) is 49.9. The van der Waals surface area contributed by atoms with Crippen LogP contribution in [0.2, 0.25) is 0 Å². The van der Waals surface area contributed by atoms with E-state index in [0.717, 1.165) is 0 Å². The van der Waals surface area contributed by atoms with Crippen molar-refractivity contribution in [3.8, 4) is 33.6 Å². The van der Waals surface area contributed by atoms with Gasteiger partial charge in [-0.1, -0.05) is 235 Å². The molecule has 0 amide bonds. The summed E-state index contributed by atoms with van der Waals surface area (Å²) in [4.78, 5) is 0. The molecule has 3 heterocycles. The molecule has 406 valence electrons. The monoisotopic (exact) mass is 1090 g/mol. The minimum atomic E-state index is 0.0128. The van der Waals surface area contributed by atoms with E-state index in [1.807, 2.05) is 11.3 Å². The molecule has 0 saturated heterocycles. The van der Waals surface area contributed by atoms with Crippen molar-refractivity contribution in [1.29, 1.82) is 0 Å². The summed E-state index contributed by atoms with van der Waals surface area (Å²) in [5, 5.41) is 17.8. The number of rotatable bonds is 4. The summed E-state index contributed by atoms with van der Waals surface area (Å²) in [6, 6.07) is 79.7. The maximum atomic E-state index is 2.58. The van der Waals surface area contributed by atoms with Crippen molar-refractivity contribution in [2.45, 2.75) is 105 Å². The first-order valence-electron chi connectivity index (χ1n) is 29.7. The van der Waals surface area contributed by atoms with Crippen LogP contribution >= 0.6 is 11.3 Å². The summed E-state index contributed by atoms with van der Waals surface area (Å²) < 4.78 is 7.74. The van der Waals surface area contributed by atoms with E-state index < -0.39 is 0 Å². The quantitative estimate of drug-likeness (QED) is 0.155. The van der Waals surface area contributed by atoms with Crippen LogP contribution in [0.4, 0.5) is 0 Å². The molecule has 0 aliphatic heterocycles. The van der Waals surface area contributed by atoms with Crippen LogP contribution in [0.15, 0.2) is 206 Å². The Morgan fingerprint density at radius 1 is 0.265 bits per heavy atom. The summed E-state index contributed by atoms with van der Waals surface area (Å²) in [6.45, 7) is 27.9. The van der Waals surface area contributed by atoms with Crippen LogP contribution in [0.1, 0.15) is 105 Å². The fourth-order valence-electron chi connectivity index (χ4n) is 13.8. The van der Waals surface area contributed by atoms with E-state index in [-0.39, 0.29) is 21.7 Å². The molecule has 83 heavy (non-hydrogen) atoms. The van der Waals surface area contributed by atoms with Gasteiger partial charge in [0.25, 0.3) is 0 Å². The molecule has 0 fully saturated rings. The average Bonchev–Trinajstić information content (AvgIpc) is 2.14. The zero-order valence-corrected chi connectivity index (χ0v) is 50.7. The molecule has 15 rings (SSSR count). The maximum Gasteiger partial charge on any atom is 0.0619 e. The van der Waals surface area contributed by atoms with Crippen LogP contribution in [0.5, 0.6) is 0 Å². The fraction of sp³-hybridized carbons (Fsp3) is 0.200. The molecule has 2 nitrogen and oxygen atoms in total. The lowest BCUT2D eigenvalue weighted by Gasteiger charge is -2.21. The summed E-state index contributed by atoms with van der Waals surface area (Å²) in [5.41, 5.74) is 17.9. The predicted octanol–water partition coefficient (Wildman–Crippen LogP) is 23.4. The van der Waals surface area contributed by atoms with Gasteiger partial charge in [-0.3, -0.25) is 0 Å². The topological polar surface area (TPSA) is 9.86 Å². The second-order valence-electron chi connectivity index (χ2n) is 27.7. The Kier molecular flexibility index (Phi) is 11.1. The highest BCUT2D eigenvalue weighted by Gasteiger charge is 2.28. The third-order valence-electron chi connectivity index (χ3n) is 18.3. The molecule has 0 spiro atoms. The van der Waals surface area contributed by atoms with Crippen molar-refractivity contribution in [2.75, 3.05) is 0 Å². The van der Waals surface area contributed by atoms with Gasteiger partial charge in [0.1, 0.15) is 0 Å². The standard InChI is InChI=1S/C80H70N2S/c1-77(2,3)48-33-38-67-63(43-48)64-44-49(78(4,5)6)34-39-68(64)81(67)74-57-26-17-13-22-53(57)72(54-23-14-18-27-58(54)74)47-32-37-52-61-30-21-31-62(76(61)83-71(52)42-47)73-55-24-15-19-28-59(55)75(60-29-20-16-25-56(60)73)82-69-40-35-50(79(7,8)9)45-65(69)66-46-51(80(10,11)12)36-41-70(66)82/h13-46H,1-12H3. The molecule has 0 unspecified atom stereocenters. The van der Waals surface area contributed by atoms with Gasteiger partial charge in [0.15, 0.2) is 0 Å². The first kappa shape index (κ1) is 51.4. The normalized spacial score (nSPS) is 13.1. The molecule has 0 saturated carbocycles. The van der Waals surface area contributed by atoms with Gasteiger partial charge >= 0.3 is 0 Å². The highest BCUT2D eigenvalue weighted by Crippen LogP contribution is 2.51. The molecule has 0 N–H and O–H groups in total. The lowest BCUT2D eigenvalue weighted by molar-refractivity contribution is 0.590. The van der Waals surface area contributed by atoms with Crippen molar-refractivity contribution in [1.82, 2.24) is 9.13 Å². The highest BCUT2D eigenvalue weighted by molar-refractivity contribution is 7.26. The Hall–Kier alpha value is -8.50. The Bertz CT molecular complexity index is 4980. The Balaban J connectivity index is 0.943. The van der Waals surface area contributed by atoms with Crippen molar-refractivity contribution in [3.05, 3.63) is 229 Å². The van der Waals surface area contributed by atoms with Crippen molar-refractivity contribution >= 4 is 118 Å². The maximum absolute atomic E-state index is 2.58. The van der Waals surface area contributed by atoms with Gasteiger partial charge < -0.3 is 9.13 Å². The number of hydrogen-bond donors (Lipinski definition) is 0. The van der Waals surface area contributed by atoms with Gasteiger partial charge in [-0.15, -0.1) is 11.3 Å². The second kappa shape index (κ2) is 18.0. The smallest absolute Gasteiger partial charge is 0.0619 e. The van der Waals surface area contributed by atoms with Gasteiger partial charge in [-0.2, -0.15) is 0 Å². The molecule has 0 aliphatic carbocycles. The Labute approximate surface area is 491 Å². The Morgan fingerprint density at radius 3 is 0.940 bits per heavy atom. The summed E-state index contributed by atoms with van der Waals surface area (Å²) >= 11 is 1.93. The second-order valence-corrected chi connectivity index (χ2v) is 28.8. The zero-order chi connectivity index (χ0) is 57.2. The molecule has 12 aromatic carbocycles. The van der Waals surface area contributed by atoms with Crippen LogP contribution in [0, 0.1) is 0 Å². The number of fused-ring (bicyclic) bond motifs is 13. The molecule has 0 bridgehead atoms. The molecule has 0 atom stereocenters. The van der Waals surface area contributed by atoms with Crippen molar-refractivity contribution < 1.29 is 0 Å². The van der Waals surface area contributed by atoms with E-state index in [0.29, 0.717) is 0 Å². The van der Waals surface area contributed by atoms with Gasteiger partial charge in [0.05, 0.1) is 33.4 Å². The number of hydrogen-bond acceptors (Lipinski definition) is 1. The van der Waals surface area contributed by atoms with Crippen LogP contribution in [0.3, 0.4) is 0 Å². The molecule has 3 aromatic heterocycles. The fourth-order valence-corrected chi connectivity index (χ4v) is 15.1. The lowest BCUT2D eigenvalue weighted by atomic mass is 9.85. The highest BCUT2D eigenvalue weighted by atomic mass is 32.1. The van der Waals surface area contributed by atoms with Crippen molar-refractivity contribution in [3.63, 3.8) is 0 Å². The SMILES string of the molecule is CC(C)(C)c1ccc2c(c1)c1cc(C(C)(C)C)ccc1n2-c1c2ccccc2c(-c2ccc3c(c2)sc2c(-c4c5ccccc5c(-n5c6ccc(C(C)(C)C)cc6c6cc(C(C)(C)C)ccc65)c5ccccc45)cccc23)c2ccccc12. The molecular weight excluding hydrogens is 1020 g/mol. The predicted molar refractivity (Wildman–Crippen MR) is 364 cm³/mol. The number of nitrogens with zero attached hydrogens (tertiary/aromatic N) is 2. The van der Waals surface area contributed by atoms with E-state index in [9.17, 15) is 0 Å². The summed E-state index contributed by atoms with van der Waals surface area (Å²) in [5.74, 6) is 0. The summed E-state index contributed by atoms with van der Waals surface area (Å²) in [6.07, 6.45) is 0. The molecule has 15 aromatic rings. The van der Waals surface area contributed by atoms with E-state index in [1.165, 1.54) is 163 Å². The largest absolute Gasteiger partial charge is 0.308 e. The molecule has 0 radical (unpaired) electrons. The van der Waals surface area contributed by atoms with Crippen LogP contribution in [-0.2, 0) is 21.7 Å². The lowest BCUT2D eigenvalue weighted by Crippen LogP contribution is -2.10. The van der Waals surface area contributed by atoms with Crippen LogP contribution < -0.4 is 0 Å². The third kappa shape index (κ3) is 7.87. The van der Waals surface area contributed by atoms with Crippen LogP contribution in [-0.4, -0.2) is 9.13 Å². The van der Waals surface area contributed by atoms with Gasteiger partial charge in [-0.25, -0.2) is 0 Å². The summed E-state index contributed by atoms with van der Waals surface area (Å²) in [7, 11) is 0.